The van der Waals surface area contributed by atoms with E-state index in [1.165, 1.54) is 12.1 Å². The Morgan fingerprint density at radius 2 is 2.06 bits per heavy atom. The van der Waals surface area contributed by atoms with E-state index >= 15 is 0 Å². The van der Waals surface area contributed by atoms with E-state index in [9.17, 15) is 4.39 Å². The molecule has 1 rings (SSSR count). The monoisotopic (exact) mass is 335 g/mol. The third kappa shape index (κ3) is 6.17. The van der Waals surface area contributed by atoms with Gasteiger partial charge in [0.15, 0.2) is 0 Å². The van der Waals surface area contributed by atoms with E-state index in [2.05, 4.69) is 42.0 Å². The van der Waals surface area contributed by atoms with E-state index in [0.29, 0.717) is 6.54 Å². The third-order valence-corrected chi connectivity index (χ3v) is 3.58. The highest BCUT2D eigenvalue weighted by atomic mass is 79.9. The number of rotatable bonds is 5. The standard InChI is InChI=1S/C14H20BrClFN/c1-14(2,3)7-11(16)9-18-8-10-4-5-12(17)6-13(10)15/h4-6,11,18H,7-9H2,1-3H3. The van der Waals surface area contributed by atoms with E-state index in [0.717, 1.165) is 23.0 Å². The van der Waals surface area contributed by atoms with Crippen molar-refractivity contribution in [2.45, 2.75) is 39.1 Å². The fourth-order valence-electron chi connectivity index (χ4n) is 1.77. The molecule has 0 saturated carbocycles. The van der Waals surface area contributed by atoms with Gasteiger partial charge in [0.25, 0.3) is 0 Å². The van der Waals surface area contributed by atoms with Crippen molar-refractivity contribution in [3.63, 3.8) is 0 Å². The van der Waals surface area contributed by atoms with Crippen LogP contribution in [0.1, 0.15) is 32.8 Å². The summed E-state index contributed by atoms with van der Waals surface area (Å²) in [6.07, 6.45) is 0.964. The second-order valence-electron chi connectivity index (χ2n) is 5.73. The molecular formula is C14H20BrClFN. The van der Waals surface area contributed by atoms with Gasteiger partial charge in [-0.25, -0.2) is 4.39 Å². The van der Waals surface area contributed by atoms with E-state index in [1.54, 1.807) is 6.07 Å². The van der Waals surface area contributed by atoms with Crippen molar-refractivity contribution in [2.24, 2.45) is 5.41 Å². The summed E-state index contributed by atoms with van der Waals surface area (Å²) >= 11 is 9.61. The average molecular weight is 337 g/mol. The molecule has 0 aliphatic carbocycles. The van der Waals surface area contributed by atoms with Crippen LogP contribution < -0.4 is 5.32 Å². The van der Waals surface area contributed by atoms with Crippen LogP contribution in [0.4, 0.5) is 4.39 Å². The molecule has 0 amide bonds. The summed E-state index contributed by atoms with van der Waals surface area (Å²) in [6, 6.07) is 4.72. The largest absolute Gasteiger partial charge is 0.311 e. The maximum absolute atomic E-state index is 12.9. The maximum Gasteiger partial charge on any atom is 0.124 e. The molecule has 0 fully saturated rings. The molecule has 0 aromatic heterocycles. The van der Waals surface area contributed by atoms with Gasteiger partial charge >= 0.3 is 0 Å². The minimum absolute atomic E-state index is 0.115. The molecule has 0 bridgehead atoms. The Labute approximate surface area is 122 Å². The molecule has 1 aromatic rings. The summed E-state index contributed by atoms with van der Waals surface area (Å²) in [6.45, 7) is 7.98. The Hall–Kier alpha value is -0.120. The molecular weight excluding hydrogens is 317 g/mol. The van der Waals surface area contributed by atoms with Crippen LogP contribution in [0.15, 0.2) is 22.7 Å². The summed E-state index contributed by atoms with van der Waals surface area (Å²) < 4.78 is 13.7. The molecule has 0 spiro atoms. The summed E-state index contributed by atoms with van der Waals surface area (Å²) in [5, 5.41) is 3.41. The van der Waals surface area contributed by atoms with Crippen molar-refractivity contribution in [1.82, 2.24) is 5.32 Å². The summed E-state index contributed by atoms with van der Waals surface area (Å²) in [4.78, 5) is 0. The first-order valence-electron chi connectivity index (χ1n) is 6.06. The van der Waals surface area contributed by atoms with Gasteiger partial charge in [0, 0.05) is 22.9 Å². The topological polar surface area (TPSA) is 12.0 Å². The fraction of sp³-hybridized carbons (Fsp3) is 0.571. The van der Waals surface area contributed by atoms with E-state index < -0.39 is 0 Å². The van der Waals surface area contributed by atoms with Crippen molar-refractivity contribution < 1.29 is 4.39 Å². The second kappa shape index (κ2) is 6.88. The van der Waals surface area contributed by atoms with Gasteiger partial charge < -0.3 is 5.32 Å². The second-order valence-corrected chi connectivity index (χ2v) is 7.20. The van der Waals surface area contributed by atoms with Crippen LogP contribution in [0.2, 0.25) is 0 Å². The molecule has 1 nitrogen and oxygen atoms in total. The lowest BCUT2D eigenvalue weighted by molar-refractivity contribution is 0.364. The molecule has 1 aromatic carbocycles. The van der Waals surface area contributed by atoms with Crippen molar-refractivity contribution in [3.05, 3.63) is 34.1 Å². The van der Waals surface area contributed by atoms with Crippen molar-refractivity contribution in [3.8, 4) is 0 Å². The molecule has 1 unspecified atom stereocenters. The highest BCUT2D eigenvalue weighted by Crippen LogP contribution is 2.23. The fourth-order valence-corrected chi connectivity index (χ4v) is 2.83. The van der Waals surface area contributed by atoms with Crippen molar-refractivity contribution in [2.75, 3.05) is 6.54 Å². The van der Waals surface area contributed by atoms with Gasteiger partial charge in [0.05, 0.1) is 0 Å². The van der Waals surface area contributed by atoms with Gasteiger partial charge in [-0.1, -0.05) is 42.8 Å². The predicted molar refractivity (Wildman–Crippen MR) is 79.5 cm³/mol. The van der Waals surface area contributed by atoms with Gasteiger partial charge in [0.2, 0.25) is 0 Å². The molecule has 102 valence electrons. The Morgan fingerprint density at radius 1 is 1.39 bits per heavy atom. The molecule has 0 aliphatic heterocycles. The number of alkyl halides is 1. The van der Waals surface area contributed by atoms with Crippen LogP contribution in [0.3, 0.4) is 0 Å². The van der Waals surface area contributed by atoms with E-state index in [-0.39, 0.29) is 16.6 Å². The third-order valence-electron chi connectivity index (χ3n) is 2.53. The Kier molecular flexibility index (Phi) is 6.09. The average Bonchev–Trinajstić information content (AvgIpc) is 2.18. The lowest BCUT2D eigenvalue weighted by Gasteiger charge is -2.22. The number of hydrogen-bond acceptors (Lipinski definition) is 1. The van der Waals surface area contributed by atoms with Crippen molar-refractivity contribution in [1.29, 1.82) is 0 Å². The first kappa shape index (κ1) is 15.9. The Morgan fingerprint density at radius 3 is 2.61 bits per heavy atom. The first-order valence-corrected chi connectivity index (χ1v) is 7.29. The highest BCUT2D eigenvalue weighted by molar-refractivity contribution is 9.10. The van der Waals surface area contributed by atoms with Crippen molar-refractivity contribution >= 4 is 27.5 Å². The summed E-state index contributed by atoms with van der Waals surface area (Å²) in [7, 11) is 0. The van der Waals surface area contributed by atoms with Gasteiger partial charge in [-0.2, -0.15) is 0 Å². The van der Waals surface area contributed by atoms with Gasteiger partial charge in [-0.05, 0) is 29.5 Å². The molecule has 0 saturated heterocycles. The lowest BCUT2D eigenvalue weighted by Crippen LogP contribution is -2.26. The smallest absolute Gasteiger partial charge is 0.124 e. The molecule has 0 aliphatic rings. The Bertz CT molecular complexity index is 390. The number of nitrogens with one attached hydrogen (secondary N) is 1. The zero-order valence-electron chi connectivity index (χ0n) is 11.1. The van der Waals surface area contributed by atoms with Gasteiger partial charge in [0.1, 0.15) is 5.82 Å². The molecule has 4 heteroatoms. The molecule has 1 N–H and O–H groups in total. The Balaban J connectivity index is 2.37. The number of hydrogen-bond donors (Lipinski definition) is 1. The van der Waals surface area contributed by atoms with Crippen LogP contribution in [0, 0.1) is 11.2 Å². The number of benzene rings is 1. The molecule has 18 heavy (non-hydrogen) atoms. The zero-order chi connectivity index (χ0) is 13.8. The maximum atomic E-state index is 12.9. The molecule has 0 radical (unpaired) electrons. The SMILES string of the molecule is CC(C)(C)CC(Cl)CNCc1ccc(F)cc1Br. The minimum Gasteiger partial charge on any atom is -0.311 e. The summed E-state index contributed by atoms with van der Waals surface area (Å²) in [5.74, 6) is -0.228. The van der Waals surface area contributed by atoms with Crippen LogP contribution in [-0.2, 0) is 6.54 Å². The van der Waals surface area contributed by atoms with Gasteiger partial charge in [-0.3, -0.25) is 0 Å². The van der Waals surface area contributed by atoms with Crippen LogP contribution in [-0.4, -0.2) is 11.9 Å². The number of halogens is 3. The van der Waals surface area contributed by atoms with E-state index in [1.807, 2.05) is 0 Å². The lowest BCUT2D eigenvalue weighted by atomic mass is 9.90. The quantitative estimate of drug-likeness (QED) is 0.767. The van der Waals surface area contributed by atoms with Crippen LogP contribution in [0.25, 0.3) is 0 Å². The minimum atomic E-state index is -0.228. The predicted octanol–water partition coefficient (Wildman–Crippen LogP) is 4.72. The van der Waals surface area contributed by atoms with Crippen LogP contribution >= 0.6 is 27.5 Å². The zero-order valence-corrected chi connectivity index (χ0v) is 13.4. The summed E-state index contributed by atoms with van der Waals surface area (Å²) in [5.41, 5.74) is 1.28. The normalized spacial score (nSPS) is 13.7. The first-order chi connectivity index (χ1) is 8.28. The van der Waals surface area contributed by atoms with E-state index in [4.69, 9.17) is 11.6 Å². The van der Waals surface area contributed by atoms with Gasteiger partial charge in [-0.15, -0.1) is 11.6 Å². The van der Waals surface area contributed by atoms with Crippen LogP contribution in [0.5, 0.6) is 0 Å². The molecule has 1 atom stereocenters. The molecule has 0 heterocycles. The highest BCUT2D eigenvalue weighted by Gasteiger charge is 2.16.